The second-order valence-corrected chi connectivity index (χ2v) is 10.8. The summed E-state index contributed by atoms with van der Waals surface area (Å²) in [5.41, 5.74) is 1.72. The van der Waals surface area contributed by atoms with Gasteiger partial charge in [0.25, 0.3) is 0 Å². The van der Waals surface area contributed by atoms with E-state index in [1.807, 2.05) is 32.3 Å². The smallest absolute Gasteiger partial charge is 0.417 e. The molecule has 1 saturated heterocycles. The zero-order valence-electron chi connectivity index (χ0n) is 19.7. The average Bonchev–Trinajstić information content (AvgIpc) is 3.51. The molecule has 0 bridgehead atoms. The van der Waals surface area contributed by atoms with Gasteiger partial charge in [-0.3, -0.25) is 0 Å². The number of carbonyl (C=O) groups excluding carboxylic acids is 1. The molecule has 1 saturated carbocycles. The predicted molar refractivity (Wildman–Crippen MR) is 124 cm³/mol. The number of aliphatic hydroxyl groups excluding tert-OH is 1. The van der Waals surface area contributed by atoms with E-state index in [1.165, 1.54) is 4.90 Å². The molecule has 1 aromatic carbocycles. The number of benzene rings is 1. The molecule has 9 heteroatoms. The Morgan fingerprint density at radius 2 is 2.12 bits per heavy atom. The van der Waals surface area contributed by atoms with Crippen molar-refractivity contribution in [1.82, 2.24) is 14.7 Å². The molecule has 0 unspecified atom stereocenters. The molecule has 9 nitrogen and oxygen atoms in total. The van der Waals surface area contributed by atoms with Crippen LogP contribution in [-0.2, 0) is 16.7 Å². The number of aromatic nitrogens is 3. The first kappa shape index (κ1) is 22.4. The fourth-order valence-corrected chi connectivity index (χ4v) is 5.40. The minimum Gasteiger partial charge on any atom is -0.441 e. The number of ether oxygens (including phenoxy) is 1. The van der Waals surface area contributed by atoms with Crippen LogP contribution < -0.4 is 4.90 Å². The molecule has 34 heavy (non-hydrogen) atoms. The topological polar surface area (TPSA) is 117 Å². The van der Waals surface area contributed by atoms with Gasteiger partial charge >= 0.3 is 6.09 Å². The Balaban J connectivity index is 1.37. The minimum atomic E-state index is -0.599. The van der Waals surface area contributed by atoms with Crippen LogP contribution in [-0.4, -0.2) is 44.7 Å². The summed E-state index contributed by atoms with van der Waals surface area (Å²) >= 11 is 0. The molecule has 1 amide bonds. The van der Waals surface area contributed by atoms with Crippen molar-refractivity contribution in [2.45, 2.75) is 64.0 Å². The predicted octanol–water partition coefficient (Wildman–Crippen LogP) is 4.14. The fraction of sp³-hybridized carbons (Fsp3) is 0.520. The van der Waals surface area contributed by atoms with Gasteiger partial charge in [-0.2, -0.15) is 5.26 Å². The third kappa shape index (κ3) is 3.82. The average molecular weight is 464 g/mol. The Bertz CT molecular complexity index is 1290. The highest BCUT2D eigenvalue weighted by Gasteiger charge is 2.52. The van der Waals surface area contributed by atoms with Crippen molar-refractivity contribution in [2.75, 3.05) is 18.1 Å². The van der Waals surface area contributed by atoms with Gasteiger partial charge in [0.05, 0.1) is 47.8 Å². The molecule has 2 atom stereocenters. The van der Waals surface area contributed by atoms with Crippen molar-refractivity contribution in [3.8, 4) is 6.07 Å². The third-order valence-corrected chi connectivity index (χ3v) is 7.29. The molecule has 3 aromatic rings. The summed E-state index contributed by atoms with van der Waals surface area (Å²) in [5, 5.41) is 23.0. The number of hydrogen-bond donors (Lipinski definition) is 1. The lowest BCUT2D eigenvalue weighted by Gasteiger charge is -2.43. The summed E-state index contributed by atoms with van der Waals surface area (Å²) in [6, 6.07) is 9.43. The Morgan fingerprint density at radius 1 is 1.29 bits per heavy atom. The quantitative estimate of drug-likeness (QED) is 0.604. The van der Waals surface area contributed by atoms with Crippen LogP contribution in [0.2, 0.25) is 0 Å². The first-order chi connectivity index (χ1) is 16.2. The number of imidazole rings is 1. The lowest BCUT2D eigenvalue weighted by atomic mass is 9.68. The summed E-state index contributed by atoms with van der Waals surface area (Å²) in [5.74, 6) is 0.343. The number of aliphatic hydroxyl groups is 1. The van der Waals surface area contributed by atoms with E-state index >= 15 is 0 Å². The van der Waals surface area contributed by atoms with E-state index < -0.39 is 17.1 Å². The number of nitrogens with zero attached hydrogens (tertiary/aromatic N) is 5. The third-order valence-electron chi connectivity index (χ3n) is 7.29. The van der Waals surface area contributed by atoms with E-state index in [2.05, 4.69) is 27.7 Å². The van der Waals surface area contributed by atoms with Gasteiger partial charge in [0, 0.05) is 18.0 Å². The van der Waals surface area contributed by atoms with Gasteiger partial charge in [0.2, 0.25) is 5.88 Å². The van der Waals surface area contributed by atoms with Crippen molar-refractivity contribution in [3.63, 3.8) is 0 Å². The molecular formula is C25H29N5O4. The van der Waals surface area contributed by atoms with E-state index in [0.29, 0.717) is 30.1 Å². The molecule has 178 valence electrons. The molecule has 2 fully saturated rings. The zero-order valence-corrected chi connectivity index (χ0v) is 19.7. The van der Waals surface area contributed by atoms with Gasteiger partial charge < -0.3 is 18.9 Å². The molecule has 1 aliphatic heterocycles. The van der Waals surface area contributed by atoms with Crippen molar-refractivity contribution in [2.24, 2.45) is 5.41 Å². The standard InChI is InChI=1S/C25H29N5O4/c1-23(2,15-31)20-10-21(34-28-20)30-14-25(33-22(30)32)8-4-7-24(3,12-25)13-29-16-27-18-6-5-17(11-26)9-19(18)29/h5-6,9-10,16,31H,4,7-8,12-15H2,1-3H3/t24-,25-/m0/s1. The van der Waals surface area contributed by atoms with Crippen LogP contribution >= 0.6 is 0 Å². The van der Waals surface area contributed by atoms with Crippen LogP contribution in [0, 0.1) is 16.7 Å². The monoisotopic (exact) mass is 463 g/mol. The maximum atomic E-state index is 12.9. The molecule has 1 spiro atoms. The normalized spacial score (nSPS) is 25.1. The number of fused-ring (bicyclic) bond motifs is 1. The van der Waals surface area contributed by atoms with Gasteiger partial charge in [-0.05, 0) is 49.3 Å². The van der Waals surface area contributed by atoms with Crippen LogP contribution in [0.25, 0.3) is 11.0 Å². The maximum absolute atomic E-state index is 12.9. The summed E-state index contributed by atoms with van der Waals surface area (Å²) in [6.45, 7) is 6.99. The molecule has 5 rings (SSSR count). The zero-order chi connectivity index (χ0) is 24.1. The highest BCUT2D eigenvalue weighted by atomic mass is 16.6. The molecular weight excluding hydrogens is 434 g/mol. The maximum Gasteiger partial charge on any atom is 0.417 e. The summed E-state index contributed by atoms with van der Waals surface area (Å²) in [6.07, 6.45) is 4.83. The fourth-order valence-electron chi connectivity index (χ4n) is 5.40. The first-order valence-electron chi connectivity index (χ1n) is 11.6. The molecule has 3 heterocycles. The lowest BCUT2D eigenvalue weighted by molar-refractivity contribution is -0.0264. The molecule has 1 aliphatic carbocycles. The van der Waals surface area contributed by atoms with Gasteiger partial charge in [0.15, 0.2) is 0 Å². The number of carbonyl (C=O) groups is 1. The lowest BCUT2D eigenvalue weighted by Crippen LogP contribution is -2.45. The molecule has 2 aliphatic rings. The number of hydrogen-bond acceptors (Lipinski definition) is 7. The number of anilines is 1. The van der Waals surface area contributed by atoms with Crippen LogP contribution in [0.5, 0.6) is 0 Å². The Hall–Kier alpha value is -3.38. The molecule has 1 N–H and O–H groups in total. The van der Waals surface area contributed by atoms with E-state index in [9.17, 15) is 15.2 Å². The van der Waals surface area contributed by atoms with Crippen molar-refractivity contribution in [1.29, 1.82) is 5.26 Å². The highest BCUT2D eigenvalue weighted by molar-refractivity contribution is 5.88. The SMILES string of the molecule is CC(C)(CO)c1cc(N2C[C@@]3(CCC[C@](C)(Cn4cnc5ccc(C#N)cc54)C3)OC2=O)on1. The second kappa shape index (κ2) is 7.84. The summed E-state index contributed by atoms with van der Waals surface area (Å²) < 4.78 is 13.6. The first-order valence-corrected chi connectivity index (χ1v) is 11.6. The molecule has 2 aromatic heterocycles. The summed E-state index contributed by atoms with van der Waals surface area (Å²) in [4.78, 5) is 18.9. The van der Waals surface area contributed by atoms with Crippen LogP contribution in [0.15, 0.2) is 35.1 Å². The number of rotatable bonds is 5. The number of amides is 1. The highest BCUT2D eigenvalue weighted by Crippen LogP contribution is 2.48. The van der Waals surface area contributed by atoms with Crippen LogP contribution in [0.1, 0.15) is 57.7 Å². The van der Waals surface area contributed by atoms with Crippen LogP contribution in [0.3, 0.4) is 0 Å². The van der Waals surface area contributed by atoms with E-state index in [4.69, 9.17) is 9.26 Å². The summed E-state index contributed by atoms with van der Waals surface area (Å²) in [7, 11) is 0. The van der Waals surface area contributed by atoms with Gasteiger partial charge in [-0.1, -0.05) is 25.9 Å². The van der Waals surface area contributed by atoms with Gasteiger partial charge in [0.1, 0.15) is 5.60 Å². The second-order valence-electron chi connectivity index (χ2n) is 10.8. The van der Waals surface area contributed by atoms with Crippen molar-refractivity contribution >= 4 is 23.0 Å². The Morgan fingerprint density at radius 3 is 2.88 bits per heavy atom. The Kier molecular flexibility index (Phi) is 5.17. The van der Waals surface area contributed by atoms with E-state index in [1.54, 1.807) is 12.1 Å². The van der Waals surface area contributed by atoms with Crippen molar-refractivity contribution in [3.05, 3.63) is 41.9 Å². The van der Waals surface area contributed by atoms with Gasteiger partial charge in [-0.25, -0.2) is 14.7 Å². The van der Waals surface area contributed by atoms with Crippen LogP contribution in [0.4, 0.5) is 10.7 Å². The van der Waals surface area contributed by atoms with E-state index in [-0.39, 0.29) is 12.0 Å². The minimum absolute atomic E-state index is 0.0789. The number of nitriles is 1. The Labute approximate surface area is 197 Å². The van der Waals surface area contributed by atoms with Crippen molar-refractivity contribution < 1.29 is 19.2 Å². The van der Waals surface area contributed by atoms with Gasteiger partial charge in [-0.15, -0.1) is 0 Å². The van der Waals surface area contributed by atoms with E-state index in [0.717, 1.165) is 36.8 Å². The molecule has 0 radical (unpaired) electrons. The largest absolute Gasteiger partial charge is 0.441 e.